The number of primary amides is 1. The molecule has 6 heteroatoms. The van der Waals surface area contributed by atoms with Crippen LogP contribution in [0.5, 0.6) is 0 Å². The van der Waals surface area contributed by atoms with Crippen LogP contribution in [0.3, 0.4) is 0 Å². The van der Waals surface area contributed by atoms with Crippen molar-refractivity contribution in [1.82, 2.24) is 4.90 Å². The fraction of sp³-hybridized carbons (Fsp3) is 0.900. The molecule has 4 N–H and O–H groups in total. The predicted molar refractivity (Wildman–Crippen MR) is 63.2 cm³/mol. The molecule has 0 spiro atoms. The van der Waals surface area contributed by atoms with Crippen LogP contribution in [0.15, 0.2) is 0 Å². The third-order valence-electron chi connectivity index (χ3n) is 3.74. The summed E-state index contributed by atoms with van der Waals surface area (Å²) in [5.41, 5.74) is 10.5. The van der Waals surface area contributed by atoms with E-state index >= 15 is 0 Å². The van der Waals surface area contributed by atoms with E-state index in [1.807, 2.05) is 0 Å². The highest BCUT2D eigenvalue weighted by Crippen LogP contribution is 2.31. The van der Waals surface area contributed by atoms with E-state index in [1.54, 1.807) is 0 Å². The van der Waals surface area contributed by atoms with E-state index in [9.17, 15) is 9.00 Å². The molecule has 0 aromatic rings. The van der Waals surface area contributed by atoms with Crippen LogP contribution in [0.2, 0.25) is 0 Å². The highest BCUT2D eigenvalue weighted by Gasteiger charge is 2.42. The van der Waals surface area contributed by atoms with Crippen LogP contribution in [0.25, 0.3) is 0 Å². The maximum absolute atomic E-state index is 11.2. The van der Waals surface area contributed by atoms with Crippen molar-refractivity contribution in [2.75, 3.05) is 24.6 Å². The van der Waals surface area contributed by atoms with Gasteiger partial charge in [-0.25, -0.2) is 0 Å². The fourth-order valence-corrected chi connectivity index (χ4v) is 3.68. The van der Waals surface area contributed by atoms with Gasteiger partial charge in [0.25, 0.3) is 0 Å². The largest absolute Gasteiger partial charge is 0.368 e. The third kappa shape index (κ3) is 2.28. The van der Waals surface area contributed by atoms with Gasteiger partial charge in [0.15, 0.2) is 0 Å². The normalized spacial score (nSPS) is 37.7. The van der Waals surface area contributed by atoms with Gasteiger partial charge in [0.2, 0.25) is 5.91 Å². The second kappa shape index (κ2) is 4.43. The summed E-state index contributed by atoms with van der Waals surface area (Å²) in [5, 5.41) is 0. The Balaban J connectivity index is 1.94. The summed E-state index contributed by atoms with van der Waals surface area (Å²) in [7, 11) is -0.654. The molecular formula is C10H19N3O2S. The van der Waals surface area contributed by atoms with Gasteiger partial charge in [-0.2, -0.15) is 0 Å². The highest BCUT2D eigenvalue weighted by atomic mass is 32.2. The van der Waals surface area contributed by atoms with E-state index < -0.39 is 22.2 Å². The number of hydrogen-bond donors (Lipinski definition) is 2. The van der Waals surface area contributed by atoms with Crippen LogP contribution in [0.4, 0.5) is 0 Å². The number of rotatable bonds is 2. The van der Waals surface area contributed by atoms with Gasteiger partial charge in [0.05, 0.1) is 5.54 Å². The average Bonchev–Trinajstić information content (AvgIpc) is 2.63. The minimum absolute atomic E-state index is 0.342. The number of carbonyl (C=O) groups is 1. The lowest BCUT2D eigenvalue weighted by Crippen LogP contribution is -2.52. The topological polar surface area (TPSA) is 89.4 Å². The summed E-state index contributed by atoms with van der Waals surface area (Å²) in [6.07, 6.45) is 2.24. The molecule has 2 aliphatic rings. The van der Waals surface area contributed by atoms with E-state index in [4.69, 9.17) is 11.5 Å². The van der Waals surface area contributed by atoms with Crippen LogP contribution in [-0.2, 0) is 15.6 Å². The number of carbonyl (C=O) groups excluding carboxylic acids is 1. The van der Waals surface area contributed by atoms with Crippen LogP contribution in [-0.4, -0.2) is 51.2 Å². The molecule has 0 bridgehead atoms. The summed E-state index contributed by atoms with van der Waals surface area (Å²) >= 11 is 0. The first-order valence-corrected chi connectivity index (χ1v) is 7.18. The lowest BCUT2D eigenvalue weighted by atomic mass is 9.98. The zero-order valence-electron chi connectivity index (χ0n) is 9.35. The van der Waals surface area contributed by atoms with Crippen molar-refractivity contribution in [3.05, 3.63) is 0 Å². The van der Waals surface area contributed by atoms with Gasteiger partial charge >= 0.3 is 0 Å². The SMILES string of the molecule is NC(=O)C1(N)CCC(N2CCS(=O)CC2)C1. The molecular weight excluding hydrogens is 226 g/mol. The second-order valence-corrected chi connectivity index (χ2v) is 6.50. The van der Waals surface area contributed by atoms with Crippen LogP contribution >= 0.6 is 0 Å². The molecule has 1 saturated carbocycles. The average molecular weight is 245 g/mol. The molecule has 16 heavy (non-hydrogen) atoms. The maximum atomic E-state index is 11.2. The van der Waals surface area contributed by atoms with Gasteiger partial charge in [-0.1, -0.05) is 0 Å². The Morgan fingerprint density at radius 3 is 2.50 bits per heavy atom. The van der Waals surface area contributed by atoms with Gasteiger partial charge in [-0.05, 0) is 19.3 Å². The summed E-state index contributed by atoms with van der Waals surface area (Å²) in [6.45, 7) is 1.71. The Morgan fingerprint density at radius 1 is 1.38 bits per heavy atom. The number of hydrogen-bond acceptors (Lipinski definition) is 4. The zero-order valence-corrected chi connectivity index (χ0v) is 10.2. The van der Waals surface area contributed by atoms with Gasteiger partial charge in [-0.15, -0.1) is 0 Å². The van der Waals surface area contributed by atoms with Gasteiger partial charge in [0, 0.05) is 41.4 Å². The lowest BCUT2D eigenvalue weighted by molar-refractivity contribution is -0.123. The molecule has 92 valence electrons. The minimum Gasteiger partial charge on any atom is -0.368 e. The smallest absolute Gasteiger partial charge is 0.237 e. The molecule has 0 radical (unpaired) electrons. The molecule has 5 nitrogen and oxygen atoms in total. The Hall–Kier alpha value is -0.460. The first-order chi connectivity index (χ1) is 7.51. The highest BCUT2D eigenvalue weighted by molar-refractivity contribution is 7.85. The molecule has 2 fully saturated rings. The van der Waals surface area contributed by atoms with Gasteiger partial charge in [-0.3, -0.25) is 13.9 Å². The summed E-state index contributed by atoms with van der Waals surface area (Å²) in [5.74, 6) is 1.09. The molecule has 1 aliphatic carbocycles. The van der Waals surface area contributed by atoms with E-state index in [2.05, 4.69) is 4.90 Å². The van der Waals surface area contributed by atoms with Crippen LogP contribution < -0.4 is 11.5 Å². The summed E-state index contributed by atoms with van der Waals surface area (Å²) in [4.78, 5) is 13.5. The first kappa shape index (κ1) is 12.0. The zero-order chi connectivity index (χ0) is 11.8. The Kier molecular flexibility index (Phi) is 3.32. The van der Waals surface area contributed by atoms with Gasteiger partial charge < -0.3 is 11.5 Å². The van der Waals surface area contributed by atoms with Crippen molar-refractivity contribution in [2.24, 2.45) is 11.5 Å². The van der Waals surface area contributed by atoms with E-state index in [0.717, 1.165) is 31.0 Å². The maximum Gasteiger partial charge on any atom is 0.237 e. The molecule has 1 amide bonds. The van der Waals surface area contributed by atoms with Crippen molar-refractivity contribution in [3.63, 3.8) is 0 Å². The molecule has 1 heterocycles. The summed E-state index contributed by atoms with van der Waals surface area (Å²) in [6, 6.07) is 0.342. The predicted octanol–water partition coefficient (Wildman–Crippen LogP) is -1.21. The Bertz CT molecular complexity index is 313. The summed E-state index contributed by atoms with van der Waals surface area (Å²) < 4.78 is 11.2. The molecule has 1 aliphatic heterocycles. The van der Waals surface area contributed by atoms with Crippen LogP contribution in [0.1, 0.15) is 19.3 Å². The van der Waals surface area contributed by atoms with Crippen LogP contribution in [0, 0.1) is 0 Å². The van der Waals surface area contributed by atoms with Crippen molar-refractivity contribution in [1.29, 1.82) is 0 Å². The lowest BCUT2D eigenvalue weighted by Gasteiger charge is -2.32. The van der Waals surface area contributed by atoms with E-state index in [-0.39, 0.29) is 0 Å². The van der Waals surface area contributed by atoms with Gasteiger partial charge in [0.1, 0.15) is 0 Å². The van der Waals surface area contributed by atoms with Crippen molar-refractivity contribution >= 4 is 16.7 Å². The van der Waals surface area contributed by atoms with E-state index in [0.29, 0.717) is 18.9 Å². The third-order valence-corrected chi connectivity index (χ3v) is 5.02. The Morgan fingerprint density at radius 2 is 2.00 bits per heavy atom. The van der Waals surface area contributed by atoms with Crippen molar-refractivity contribution in [3.8, 4) is 0 Å². The second-order valence-electron chi connectivity index (χ2n) is 4.80. The standard InChI is InChI=1S/C10H19N3O2S/c11-9(14)10(12)2-1-8(7-10)13-3-5-16(15)6-4-13/h8H,1-7,12H2,(H2,11,14). The monoisotopic (exact) mass is 245 g/mol. The first-order valence-electron chi connectivity index (χ1n) is 5.69. The quantitative estimate of drug-likeness (QED) is 0.638. The Labute approximate surface area is 98.0 Å². The molecule has 2 atom stereocenters. The molecule has 0 aromatic heterocycles. The molecule has 2 rings (SSSR count). The fourth-order valence-electron chi connectivity index (χ4n) is 2.60. The van der Waals surface area contributed by atoms with Crippen molar-refractivity contribution in [2.45, 2.75) is 30.8 Å². The molecule has 0 aromatic carbocycles. The number of nitrogens with two attached hydrogens (primary N) is 2. The van der Waals surface area contributed by atoms with Crippen molar-refractivity contribution < 1.29 is 9.00 Å². The molecule has 1 saturated heterocycles. The number of nitrogens with zero attached hydrogens (tertiary/aromatic N) is 1. The minimum atomic E-state index is -0.818. The van der Waals surface area contributed by atoms with E-state index in [1.165, 1.54) is 0 Å². The number of amides is 1. The molecule has 2 unspecified atom stereocenters.